The van der Waals surface area contributed by atoms with Crippen LogP contribution in [0.15, 0.2) is 48.7 Å². The second-order valence-electron chi connectivity index (χ2n) is 4.47. The van der Waals surface area contributed by atoms with Crippen molar-refractivity contribution in [2.24, 2.45) is 0 Å². The summed E-state index contributed by atoms with van der Waals surface area (Å²) in [5, 5.41) is 0. The quantitative estimate of drug-likeness (QED) is 0.728. The van der Waals surface area contributed by atoms with Gasteiger partial charge >= 0.3 is 0 Å². The van der Waals surface area contributed by atoms with E-state index in [1.807, 2.05) is 18.2 Å². The highest BCUT2D eigenvalue weighted by molar-refractivity contribution is 5.82. The summed E-state index contributed by atoms with van der Waals surface area (Å²) in [6.45, 7) is 0.538. The van der Waals surface area contributed by atoms with Gasteiger partial charge in [0.15, 0.2) is 5.78 Å². The zero-order valence-electron chi connectivity index (χ0n) is 11.1. The van der Waals surface area contributed by atoms with E-state index < -0.39 is 0 Å². The molecular weight excluding hydrogens is 257 g/mol. The van der Waals surface area contributed by atoms with E-state index in [9.17, 15) is 9.18 Å². The van der Waals surface area contributed by atoms with Crippen molar-refractivity contribution in [1.29, 1.82) is 0 Å². The maximum absolute atomic E-state index is 12.7. The molecule has 20 heavy (non-hydrogen) atoms. The SMILES string of the molecule is O=C(COCCc1ccccn1)Cc1ccc(F)cc1. The van der Waals surface area contributed by atoms with Crippen LogP contribution in [0.2, 0.25) is 0 Å². The van der Waals surface area contributed by atoms with E-state index in [0.29, 0.717) is 13.0 Å². The summed E-state index contributed by atoms with van der Waals surface area (Å²) in [5.41, 5.74) is 1.74. The Morgan fingerprint density at radius 1 is 1.15 bits per heavy atom. The molecule has 1 aromatic carbocycles. The number of carbonyl (C=O) groups is 1. The van der Waals surface area contributed by atoms with E-state index in [-0.39, 0.29) is 24.6 Å². The van der Waals surface area contributed by atoms with Gasteiger partial charge in [0.1, 0.15) is 12.4 Å². The molecule has 0 aliphatic carbocycles. The number of aromatic nitrogens is 1. The first-order valence-electron chi connectivity index (χ1n) is 6.48. The molecule has 0 aliphatic heterocycles. The molecule has 0 N–H and O–H groups in total. The second-order valence-corrected chi connectivity index (χ2v) is 4.47. The number of benzene rings is 1. The Labute approximate surface area is 117 Å². The van der Waals surface area contributed by atoms with E-state index in [4.69, 9.17) is 4.74 Å². The van der Waals surface area contributed by atoms with Crippen LogP contribution in [0.1, 0.15) is 11.3 Å². The fourth-order valence-corrected chi connectivity index (χ4v) is 1.79. The van der Waals surface area contributed by atoms with Gasteiger partial charge in [-0.1, -0.05) is 18.2 Å². The van der Waals surface area contributed by atoms with Crippen LogP contribution < -0.4 is 0 Å². The van der Waals surface area contributed by atoms with Gasteiger partial charge in [-0.25, -0.2) is 4.39 Å². The Balaban J connectivity index is 1.66. The predicted octanol–water partition coefficient (Wildman–Crippen LogP) is 2.59. The Hall–Kier alpha value is -2.07. The lowest BCUT2D eigenvalue weighted by molar-refractivity contribution is -0.122. The van der Waals surface area contributed by atoms with Gasteiger partial charge in [0.25, 0.3) is 0 Å². The summed E-state index contributed by atoms with van der Waals surface area (Å²) in [5.74, 6) is -0.314. The molecule has 0 radical (unpaired) electrons. The molecule has 0 fully saturated rings. The summed E-state index contributed by atoms with van der Waals surface area (Å²) in [6, 6.07) is 11.6. The van der Waals surface area contributed by atoms with Crippen molar-refractivity contribution in [3.05, 3.63) is 65.7 Å². The summed E-state index contributed by atoms with van der Waals surface area (Å²) in [7, 11) is 0. The number of Topliss-reactive ketones (excluding diaryl/α,β-unsaturated/α-hetero) is 1. The van der Waals surface area contributed by atoms with Gasteiger partial charge in [0, 0.05) is 24.7 Å². The molecule has 0 saturated heterocycles. The van der Waals surface area contributed by atoms with Gasteiger partial charge in [-0.15, -0.1) is 0 Å². The van der Waals surface area contributed by atoms with Crippen molar-refractivity contribution in [2.75, 3.05) is 13.2 Å². The highest BCUT2D eigenvalue weighted by Gasteiger charge is 2.04. The molecule has 0 bridgehead atoms. The van der Waals surface area contributed by atoms with E-state index in [1.165, 1.54) is 12.1 Å². The first-order chi connectivity index (χ1) is 9.74. The van der Waals surface area contributed by atoms with Crippen LogP contribution in [0, 0.1) is 5.82 Å². The van der Waals surface area contributed by atoms with Gasteiger partial charge in [-0.05, 0) is 29.8 Å². The van der Waals surface area contributed by atoms with Gasteiger partial charge in [0.2, 0.25) is 0 Å². The molecule has 0 spiro atoms. The number of hydrogen-bond acceptors (Lipinski definition) is 3. The molecule has 1 heterocycles. The zero-order valence-corrected chi connectivity index (χ0v) is 11.1. The van der Waals surface area contributed by atoms with Gasteiger partial charge in [-0.2, -0.15) is 0 Å². The zero-order chi connectivity index (χ0) is 14.2. The molecule has 0 aliphatic rings. The number of carbonyl (C=O) groups excluding carboxylic acids is 1. The summed E-state index contributed by atoms with van der Waals surface area (Å²) < 4.78 is 18.0. The minimum absolute atomic E-state index is 0.0161. The normalized spacial score (nSPS) is 10.4. The molecule has 3 nitrogen and oxygen atoms in total. The highest BCUT2D eigenvalue weighted by Crippen LogP contribution is 2.04. The number of ether oxygens (including phenoxy) is 1. The monoisotopic (exact) mass is 273 g/mol. The van der Waals surface area contributed by atoms with Crippen LogP contribution in [0.25, 0.3) is 0 Å². The summed E-state index contributed by atoms with van der Waals surface area (Å²) >= 11 is 0. The molecule has 104 valence electrons. The standard InChI is InChI=1S/C16H16FNO2/c17-14-6-4-13(5-7-14)11-16(19)12-20-10-8-15-3-1-2-9-18-15/h1-7,9H,8,10-12H2. The fourth-order valence-electron chi connectivity index (χ4n) is 1.79. The second kappa shape index (κ2) is 7.50. The van der Waals surface area contributed by atoms with Gasteiger partial charge in [-0.3, -0.25) is 9.78 Å². The topological polar surface area (TPSA) is 39.2 Å². The molecule has 4 heteroatoms. The smallest absolute Gasteiger partial charge is 0.162 e. The van der Waals surface area contributed by atoms with E-state index in [2.05, 4.69) is 4.98 Å². The Kier molecular flexibility index (Phi) is 5.38. The molecule has 0 atom stereocenters. The van der Waals surface area contributed by atoms with E-state index >= 15 is 0 Å². The van der Waals surface area contributed by atoms with Crippen molar-refractivity contribution in [2.45, 2.75) is 12.8 Å². The van der Waals surface area contributed by atoms with Crippen molar-refractivity contribution in [3.63, 3.8) is 0 Å². The third-order valence-corrected chi connectivity index (χ3v) is 2.81. The predicted molar refractivity (Wildman–Crippen MR) is 73.9 cm³/mol. The van der Waals surface area contributed by atoms with Crippen molar-refractivity contribution in [1.82, 2.24) is 4.98 Å². The lowest BCUT2D eigenvalue weighted by Crippen LogP contribution is -2.13. The number of halogens is 1. The maximum Gasteiger partial charge on any atom is 0.162 e. The Morgan fingerprint density at radius 2 is 1.95 bits per heavy atom. The summed E-state index contributed by atoms with van der Waals surface area (Å²) in [4.78, 5) is 15.8. The summed E-state index contributed by atoms with van der Waals surface area (Å²) in [6.07, 6.45) is 2.68. The van der Waals surface area contributed by atoms with Crippen LogP contribution in [0.5, 0.6) is 0 Å². The Bertz CT molecular complexity index is 540. The number of ketones is 1. The lowest BCUT2D eigenvalue weighted by atomic mass is 10.1. The van der Waals surface area contributed by atoms with E-state index in [1.54, 1.807) is 18.3 Å². The van der Waals surface area contributed by atoms with Gasteiger partial charge in [0.05, 0.1) is 6.61 Å². The Morgan fingerprint density at radius 3 is 2.65 bits per heavy atom. The molecule has 2 rings (SSSR count). The van der Waals surface area contributed by atoms with Crippen LogP contribution in [0.3, 0.4) is 0 Å². The average molecular weight is 273 g/mol. The van der Waals surface area contributed by atoms with E-state index in [0.717, 1.165) is 11.3 Å². The van der Waals surface area contributed by atoms with Crippen LogP contribution in [0.4, 0.5) is 4.39 Å². The molecular formula is C16H16FNO2. The lowest BCUT2D eigenvalue weighted by Gasteiger charge is -2.04. The van der Waals surface area contributed by atoms with Gasteiger partial charge < -0.3 is 4.74 Å². The first kappa shape index (κ1) is 14.3. The minimum Gasteiger partial charge on any atom is -0.373 e. The largest absolute Gasteiger partial charge is 0.373 e. The number of pyridine rings is 1. The highest BCUT2D eigenvalue weighted by atomic mass is 19.1. The maximum atomic E-state index is 12.7. The number of nitrogens with zero attached hydrogens (tertiary/aromatic N) is 1. The molecule has 1 aromatic heterocycles. The molecule has 0 amide bonds. The van der Waals surface area contributed by atoms with Crippen molar-refractivity contribution >= 4 is 5.78 Å². The fraction of sp³-hybridized carbons (Fsp3) is 0.250. The minimum atomic E-state index is -0.298. The third-order valence-electron chi connectivity index (χ3n) is 2.81. The van der Waals surface area contributed by atoms with Crippen molar-refractivity contribution < 1.29 is 13.9 Å². The third kappa shape index (κ3) is 4.90. The van der Waals surface area contributed by atoms with Crippen molar-refractivity contribution in [3.8, 4) is 0 Å². The average Bonchev–Trinajstić information content (AvgIpc) is 2.47. The molecule has 2 aromatic rings. The molecule has 0 saturated carbocycles. The first-order valence-corrected chi connectivity index (χ1v) is 6.48. The number of rotatable bonds is 7. The molecule has 0 unspecified atom stereocenters. The number of hydrogen-bond donors (Lipinski definition) is 0. The van der Waals surface area contributed by atoms with Crippen LogP contribution in [-0.4, -0.2) is 24.0 Å². The van der Waals surface area contributed by atoms with Crippen LogP contribution in [-0.2, 0) is 22.4 Å². The van der Waals surface area contributed by atoms with Crippen LogP contribution >= 0.6 is 0 Å².